The highest BCUT2D eigenvalue weighted by Crippen LogP contribution is 2.40. The summed E-state index contributed by atoms with van der Waals surface area (Å²) in [5.41, 5.74) is 0.234. The van der Waals surface area contributed by atoms with Crippen LogP contribution in [0.3, 0.4) is 0 Å². The van der Waals surface area contributed by atoms with Crippen molar-refractivity contribution in [3.05, 3.63) is 0 Å². The number of ether oxygens (including phenoxy) is 1. The van der Waals surface area contributed by atoms with Crippen LogP contribution in [0.5, 0.6) is 0 Å². The lowest BCUT2D eigenvalue weighted by Gasteiger charge is -2.44. The molecule has 0 N–H and O–H groups in total. The van der Waals surface area contributed by atoms with E-state index in [2.05, 4.69) is 33.5 Å². The van der Waals surface area contributed by atoms with Crippen LogP contribution in [0.2, 0.25) is 25.2 Å². The van der Waals surface area contributed by atoms with Crippen LogP contribution >= 0.6 is 0 Å². The Balaban J connectivity index is 2.69. The first-order valence-corrected chi connectivity index (χ1v) is 8.12. The zero-order valence-electron chi connectivity index (χ0n) is 8.55. The number of cyclic esters (lactones) is 1. The molecule has 0 bridgehead atoms. The van der Waals surface area contributed by atoms with E-state index in [1.807, 2.05) is 0 Å². The smallest absolute Gasteiger partial charge is 0.310 e. The molecule has 1 rings (SSSR count). The molecule has 1 aliphatic heterocycles. The Morgan fingerprint density at radius 2 is 1.83 bits per heavy atom. The number of esters is 1. The van der Waals surface area contributed by atoms with Gasteiger partial charge in [0, 0.05) is 0 Å². The van der Waals surface area contributed by atoms with Gasteiger partial charge in [-0.3, -0.25) is 4.79 Å². The van der Waals surface area contributed by atoms with Crippen molar-refractivity contribution in [2.75, 3.05) is 0 Å². The summed E-state index contributed by atoms with van der Waals surface area (Å²) in [6, 6.07) is 0. The molecule has 12 heavy (non-hydrogen) atoms. The lowest BCUT2D eigenvalue weighted by Crippen LogP contribution is -2.54. The van der Waals surface area contributed by atoms with Crippen LogP contribution in [0.25, 0.3) is 0 Å². The summed E-state index contributed by atoms with van der Waals surface area (Å²) in [6.07, 6.45) is 0.198. The Labute approximate surface area is 75.3 Å². The summed E-state index contributed by atoms with van der Waals surface area (Å²) in [5.74, 6) is 0.507. The molecule has 0 radical (unpaired) electrons. The first kappa shape index (κ1) is 9.77. The first-order valence-electron chi connectivity index (χ1n) is 4.54. The van der Waals surface area contributed by atoms with Crippen LogP contribution in [0, 0.1) is 5.92 Å². The topological polar surface area (TPSA) is 26.3 Å². The number of hydrogen-bond donors (Lipinski definition) is 0. The highest BCUT2D eigenvalue weighted by Gasteiger charge is 2.51. The van der Waals surface area contributed by atoms with Crippen LogP contribution in [0.15, 0.2) is 0 Å². The van der Waals surface area contributed by atoms with Gasteiger partial charge in [0.1, 0.15) is 6.10 Å². The van der Waals surface area contributed by atoms with Gasteiger partial charge in [-0.25, -0.2) is 0 Å². The maximum Gasteiger partial charge on any atom is 0.310 e. The van der Waals surface area contributed by atoms with Gasteiger partial charge < -0.3 is 4.74 Å². The molecule has 1 aliphatic rings. The van der Waals surface area contributed by atoms with E-state index in [0.29, 0.717) is 5.92 Å². The fraction of sp³-hybridized carbons (Fsp3) is 0.889. The molecular weight excluding hydrogens is 168 g/mol. The molecule has 2 nitrogen and oxygen atoms in total. The standard InChI is InChI=1S/C9H18O2Si/c1-6(2)7-8(9(10)11-7)12(3,4)5/h6-8H,1-5H3/t7-,8-/m0/s1. The molecule has 0 saturated carbocycles. The summed E-state index contributed by atoms with van der Waals surface area (Å²) in [4.78, 5) is 11.2. The van der Waals surface area contributed by atoms with E-state index >= 15 is 0 Å². The third-order valence-corrected chi connectivity index (χ3v) is 4.86. The van der Waals surface area contributed by atoms with Gasteiger partial charge in [-0.05, 0) is 5.92 Å². The van der Waals surface area contributed by atoms with E-state index in [1.54, 1.807) is 0 Å². The molecular formula is C9H18O2Si. The second kappa shape index (κ2) is 2.87. The predicted octanol–water partition coefficient (Wildman–Crippen LogP) is 2.28. The van der Waals surface area contributed by atoms with Crippen molar-refractivity contribution in [1.29, 1.82) is 0 Å². The quantitative estimate of drug-likeness (QED) is 0.488. The van der Waals surface area contributed by atoms with Gasteiger partial charge in [0.25, 0.3) is 0 Å². The molecule has 1 heterocycles. The molecule has 0 spiro atoms. The van der Waals surface area contributed by atoms with Gasteiger partial charge in [-0.2, -0.15) is 0 Å². The minimum absolute atomic E-state index is 0.0351. The SMILES string of the molecule is CC(C)[C@@H]1OC(=O)[C@H]1[Si](C)(C)C. The minimum Gasteiger partial charge on any atom is -0.461 e. The van der Waals surface area contributed by atoms with Crippen LogP contribution in [0.1, 0.15) is 13.8 Å². The highest BCUT2D eigenvalue weighted by molar-refractivity contribution is 6.81. The minimum atomic E-state index is -1.34. The second-order valence-corrected chi connectivity index (χ2v) is 10.3. The van der Waals surface area contributed by atoms with Crippen molar-refractivity contribution < 1.29 is 9.53 Å². The zero-order valence-corrected chi connectivity index (χ0v) is 9.55. The van der Waals surface area contributed by atoms with Crippen molar-refractivity contribution in [2.45, 2.75) is 45.1 Å². The van der Waals surface area contributed by atoms with Gasteiger partial charge in [0.15, 0.2) is 0 Å². The van der Waals surface area contributed by atoms with Crippen molar-refractivity contribution >= 4 is 14.0 Å². The Morgan fingerprint density at radius 1 is 1.33 bits per heavy atom. The average Bonchev–Trinajstić information content (AvgIpc) is 1.77. The van der Waals surface area contributed by atoms with E-state index in [1.165, 1.54) is 0 Å². The van der Waals surface area contributed by atoms with Crippen molar-refractivity contribution in [3.63, 3.8) is 0 Å². The number of rotatable bonds is 2. The third-order valence-electron chi connectivity index (χ3n) is 2.42. The molecule has 2 atom stereocenters. The summed E-state index contributed by atoms with van der Waals surface area (Å²) >= 11 is 0. The van der Waals surface area contributed by atoms with Gasteiger partial charge >= 0.3 is 5.97 Å². The number of carbonyl (C=O) groups excluding carboxylic acids is 1. The van der Waals surface area contributed by atoms with E-state index in [0.717, 1.165) is 0 Å². The Morgan fingerprint density at radius 3 is 2.00 bits per heavy atom. The summed E-state index contributed by atoms with van der Waals surface area (Å²) in [6.45, 7) is 10.9. The van der Waals surface area contributed by atoms with Crippen LogP contribution in [-0.4, -0.2) is 20.1 Å². The zero-order chi connectivity index (χ0) is 9.52. The lowest BCUT2D eigenvalue weighted by molar-refractivity contribution is -0.173. The van der Waals surface area contributed by atoms with E-state index in [4.69, 9.17) is 4.74 Å². The van der Waals surface area contributed by atoms with Gasteiger partial charge in [-0.1, -0.05) is 33.5 Å². The Hall–Kier alpha value is -0.313. The highest BCUT2D eigenvalue weighted by atomic mass is 28.3. The third kappa shape index (κ3) is 1.55. The first-order chi connectivity index (χ1) is 5.34. The summed E-state index contributed by atoms with van der Waals surface area (Å²) in [7, 11) is -1.34. The van der Waals surface area contributed by atoms with Crippen molar-refractivity contribution in [3.8, 4) is 0 Å². The van der Waals surface area contributed by atoms with Crippen LogP contribution in [0.4, 0.5) is 0 Å². The maximum absolute atomic E-state index is 11.2. The Kier molecular flexibility index (Phi) is 2.34. The van der Waals surface area contributed by atoms with Gasteiger partial charge in [-0.15, -0.1) is 0 Å². The van der Waals surface area contributed by atoms with Crippen molar-refractivity contribution in [1.82, 2.24) is 0 Å². The number of hydrogen-bond acceptors (Lipinski definition) is 2. The average molecular weight is 186 g/mol. The molecule has 0 aromatic rings. The monoisotopic (exact) mass is 186 g/mol. The molecule has 0 aromatic carbocycles. The molecule has 1 fully saturated rings. The van der Waals surface area contributed by atoms with Crippen molar-refractivity contribution in [2.24, 2.45) is 5.92 Å². The van der Waals surface area contributed by atoms with E-state index < -0.39 is 8.07 Å². The predicted molar refractivity (Wildman–Crippen MR) is 51.8 cm³/mol. The van der Waals surface area contributed by atoms with Crippen LogP contribution < -0.4 is 0 Å². The summed E-state index contributed by atoms with van der Waals surface area (Å²) < 4.78 is 5.14. The molecule has 0 amide bonds. The largest absolute Gasteiger partial charge is 0.461 e. The molecule has 0 aromatic heterocycles. The summed E-state index contributed by atoms with van der Waals surface area (Å²) in [5, 5.41) is 0. The molecule has 3 heteroatoms. The van der Waals surface area contributed by atoms with Gasteiger partial charge in [0.05, 0.1) is 13.6 Å². The lowest BCUT2D eigenvalue weighted by atomic mass is 9.99. The molecule has 0 unspecified atom stereocenters. The normalized spacial score (nSPS) is 30.0. The molecule has 1 saturated heterocycles. The number of carbonyl (C=O) groups is 1. The molecule has 70 valence electrons. The fourth-order valence-electron chi connectivity index (χ4n) is 1.70. The maximum atomic E-state index is 11.2. The molecule has 0 aliphatic carbocycles. The van der Waals surface area contributed by atoms with Crippen LogP contribution in [-0.2, 0) is 9.53 Å². The van der Waals surface area contributed by atoms with E-state index in [-0.39, 0.29) is 17.6 Å². The van der Waals surface area contributed by atoms with Gasteiger partial charge in [0.2, 0.25) is 0 Å². The van der Waals surface area contributed by atoms with E-state index in [9.17, 15) is 4.79 Å². The fourth-order valence-corrected chi connectivity index (χ4v) is 3.92. The Bertz CT molecular complexity index is 193. The second-order valence-electron chi connectivity index (χ2n) is 4.99.